The number of hydrogen-bond donors (Lipinski definition) is 2. The van der Waals surface area contributed by atoms with Crippen LogP contribution in [0.1, 0.15) is 54.6 Å². The molecule has 1 amide bonds. The maximum Gasteiger partial charge on any atom is 0.336 e. The van der Waals surface area contributed by atoms with Crippen molar-refractivity contribution >= 4 is 17.6 Å². The van der Waals surface area contributed by atoms with Crippen LogP contribution in [0.4, 0.5) is 5.69 Å². The fourth-order valence-electron chi connectivity index (χ4n) is 2.33. The van der Waals surface area contributed by atoms with Gasteiger partial charge in [-0.15, -0.1) is 0 Å². The maximum absolute atomic E-state index is 12.0. The van der Waals surface area contributed by atoms with Crippen molar-refractivity contribution in [1.29, 1.82) is 0 Å². The van der Waals surface area contributed by atoms with Gasteiger partial charge in [0.15, 0.2) is 0 Å². The molecule has 0 saturated carbocycles. The van der Waals surface area contributed by atoms with E-state index in [0.29, 0.717) is 23.6 Å². The normalized spacial score (nSPS) is 12.0. The third-order valence-corrected chi connectivity index (χ3v) is 3.39. The minimum absolute atomic E-state index is 0.0609. The molecule has 110 valence electrons. The Labute approximate surface area is 120 Å². The minimum atomic E-state index is -0.975. The summed E-state index contributed by atoms with van der Waals surface area (Å²) in [4.78, 5) is 23.1. The van der Waals surface area contributed by atoms with Crippen LogP contribution in [-0.4, -0.2) is 17.0 Å². The number of carbonyl (C=O) groups is 2. The van der Waals surface area contributed by atoms with Gasteiger partial charge in [0.1, 0.15) is 0 Å². The lowest BCUT2D eigenvalue weighted by Crippen LogP contribution is -2.16. The number of anilines is 1. The average molecular weight is 277 g/mol. The van der Waals surface area contributed by atoms with Crippen LogP contribution in [0, 0.1) is 19.8 Å². The number of carbonyl (C=O) groups excluding carboxylic acids is 1. The highest BCUT2D eigenvalue weighted by molar-refractivity contribution is 5.95. The van der Waals surface area contributed by atoms with Gasteiger partial charge in [-0.3, -0.25) is 4.79 Å². The molecule has 2 N–H and O–H groups in total. The summed E-state index contributed by atoms with van der Waals surface area (Å²) in [6, 6.07) is 3.32. The smallest absolute Gasteiger partial charge is 0.336 e. The predicted molar refractivity (Wildman–Crippen MR) is 80.2 cm³/mol. The highest BCUT2D eigenvalue weighted by Crippen LogP contribution is 2.21. The summed E-state index contributed by atoms with van der Waals surface area (Å²) in [6.07, 6.45) is 2.53. The van der Waals surface area contributed by atoms with Gasteiger partial charge in [-0.1, -0.05) is 32.8 Å². The van der Waals surface area contributed by atoms with Gasteiger partial charge in [0, 0.05) is 12.1 Å². The molecule has 0 heterocycles. The summed E-state index contributed by atoms with van der Waals surface area (Å²) in [7, 11) is 0. The molecule has 0 aliphatic carbocycles. The van der Waals surface area contributed by atoms with Crippen molar-refractivity contribution in [3.05, 3.63) is 28.8 Å². The molecular formula is C16H23NO3. The molecule has 0 spiro atoms. The summed E-state index contributed by atoms with van der Waals surface area (Å²) in [5.74, 6) is -0.698. The van der Waals surface area contributed by atoms with Crippen LogP contribution in [0.15, 0.2) is 12.1 Å². The van der Waals surface area contributed by atoms with E-state index < -0.39 is 5.97 Å². The molecule has 1 aromatic carbocycles. The molecule has 1 aromatic rings. The van der Waals surface area contributed by atoms with Gasteiger partial charge in [-0.2, -0.15) is 0 Å². The first-order chi connectivity index (χ1) is 9.35. The Balaban J connectivity index is 2.84. The van der Waals surface area contributed by atoms with Gasteiger partial charge in [0.25, 0.3) is 0 Å². The molecule has 4 nitrogen and oxygen atoms in total. The van der Waals surface area contributed by atoms with Gasteiger partial charge in [-0.05, 0) is 37.0 Å². The summed E-state index contributed by atoms with van der Waals surface area (Å²) in [6.45, 7) is 7.76. The first kappa shape index (κ1) is 16.2. The Morgan fingerprint density at radius 1 is 1.25 bits per heavy atom. The number of carboxylic acids is 1. The van der Waals surface area contributed by atoms with Crippen molar-refractivity contribution in [2.75, 3.05) is 5.32 Å². The number of aromatic carboxylic acids is 1. The number of hydrogen-bond acceptors (Lipinski definition) is 2. The Morgan fingerprint density at radius 2 is 1.90 bits per heavy atom. The van der Waals surface area contributed by atoms with E-state index in [1.165, 1.54) is 6.07 Å². The van der Waals surface area contributed by atoms with Crippen molar-refractivity contribution in [3.63, 3.8) is 0 Å². The summed E-state index contributed by atoms with van der Waals surface area (Å²) < 4.78 is 0. The molecule has 4 heteroatoms. The molecular weight excluding hydrogens is 254 g/mol. The zero-order chi connectivity index (χ0) is 15.3. The molecule has 0 aliphatic heterocycles. The van der Waals surface area contributed by atoms with Crippen molar-refractivity contribution in [2.24, 2.45) is 5.92 Å². The zero-order valence-electron chi connectivity index (χ0n) is 12.6. The van der Waals surface area contributed by atoms with Crippen LogP contribution in [0.2, 0.25) is 0 Å². The lowest BCUT2D eigenvalue weighted by Gasteiger charge is -2.13. The van der Waals surface area contributed by atoms with Crippen molar-refractivity contribution in [2.45, 2.75) is 47.0 Å². The second-order valence-corrected chi connectivity index (χ2v) is 5.43. The Morgan fingerprint density at radius 3 is 2.45 bits per heavy atom. The second-order valence-electron chi connectivity index (χ2n) is 5.43. The molecule has 0 aliphatic rings. The Bertz CT molecular complexity index is 509. The van der Waals surface area contributed by atoms with Gasteiger partial charge in [0.2, 0.25) is 5.91 Å². The van der Waals surface area contributed by atoms with Gasteiger partial charge >= 0.3 is 5.97 Å². The second kappa shape index (κ2) is 7.08. The van der Waals surface area contributed by atoms with Crippen LogP contribution in [0.25, 0.3) is 0 Å². The van der Waals surface area contributed by atoms with Crippen molar-refractivity contribution < 1.29 is 14.7 Å². The number of rotatable bonds is 6. The monoisotopic (exact) mass is 277 g/mol. The highest BCUT2D eigenvalue weighted by atomic mass is 16.4. The van der Waals surface area contributed by atoms with E-state index in [1.807, 2.05) is 13.8 Å². The van der Waals surface area contributed by atoms with Crippen molar-refractivity contribution in [3.8, 4) is 0 Å². The number of aryl methyl sites for hydroxylation is 2. The van der Waals surface area contributed by atoms with E-state index in [2.05, 4.69) is 12.2 Å². The Hall–Kier alpha value is -1.84. The quantitative estimate of drug-likeness (QED) is 0.831. The fraction of sp³-hybridized carbons (Fsp3) is 0.500. The lowest BCUT2D eigenvalue weighted by atomic mass is 10.0. The van der Waals surface area contributed by atoms with Crippen LogP contribution >= 0.6 is 0 Å². The molecule has 0 radical (unpaired) electrons. The first-order valence-corrected chi connectivity index (χ1v) is 6.99. The summed E-state index contributed by atoms with van der Waals surface area (Å²) in [5.41, 5.74) is 2.39. The molecule has 0 bridgehead atoms. The molecule has 0 saturated heterocycles. The number of amides is 1. The molecule has 0 aromatic heterocycles. The third kappa shape index (κ3) is 4.37. The standard InChI is InChI=1S/C16H23NO3/c1-5-6-10(2)7-15(18)17-14-9-13(16(19)20)11(3)8-12(14)4/h8-10H,5-7H2,1-4H3,(H,17,18)(H,19,20). The van der Waals surface area contributed by atoms with E-state index >= 15 is 0 Å². The van der Waals surface area contributed by atoms with Crippen molar-refractivity contribution in [1.82, 2.24) is 0 Å². The minimum Gasteiger partial charge on any atom is -0.478 e. The molecule has 0 fully saturated rings. The topological polar surface area (TPSA) is 66.4 Å². The molecule has 1 rings (SSSR count). The van der Waals surface area contributed by atoms with E-state index in [9.17, 15) is 9.59 Å². The highest BCUT2D eigenvalue weighted by Gasteiger charge is 2.13. The maximum atomic E-state index is 12.0. The average Bonchev–Trinajstić information content (AvgIpc) is 2.32. The van der Waals surface area contributed by atoms with E-state index in [4.69, 9.17) is 5.11 Å². The summed E-state index contributed by atoms with van der Waals surface area (Å²) >= 11 is 0. The van der Waals surface area contributed by atoms with Gasteiger partial charge < -0.3 is 10.4 Å². The third-order valence-electron chi connectivity index (χ3n) is 3.39. The fourth-order valence-corrected chi connectivity index (χ4v) is 2.33. The summed E-state index contributed by atoms with van der Waals surface area (Å²) in [5, 5.41) is 11.9. The van der Waals surface area contributed by atoms with Crippen LogP contribution in [0.3, 0.4) is 0 Å². The van der Waals surface area contributed by atoms with Crippen LogP contribution in [-0.2, 0) is 4.79 Å². The van der Waals surface area contributed by atoms with Crippen LogP contribution in [0.5, 0.6) is 0 Å². The molecule has 1 atom stereocenters. The number of nitrogens with one attached hydrogen (secondary N) is 1. The molecule has 1 unspecified atom stereocenters. The molecule has 20 heavy (non-hydrogen) atoms. The first-order valence-electron chi connectivity index (χ1n) is 6.99. The number of benzene rings is 1. The van der Waals surface area contributed by atoms with Gasteiger partial charge in [0.05, 0.1) is 5.56 Å². The van der Waals surface area contributed by atoms with E-state index in [-0.39, 0.29) is 11.5 Å². The number of carboxylic acid groups (broad SMARTS) is 1. The van der Waals surface area contributed by atoms with E-state index in [1.54, 1.807) is 13.0 Å². The largest absolute Gasteiger partial charge is 0.478 e. The predicted octanol–water partition coefficient (Wildman–Crippen LogP) is 3.77. The van der Waals surface area contributed by atoms with E-state index in [0.717, 1.165) is 18.4 Å². The Kier molecular flexibility index (Phi) is 5.74. The van der Waals surface area contributed by atoms with Gasteiger partial charge in [-0.25, -0.2) is 4.79 Å². The lowest BCUT2D eigenvalue weighted by molar-refractivity contribution is -0.117. The zero-order valence-corrected chi connectivity index (χ0v) is 12.6. The SMILES string of the molecule is CCCC(C)CC(=O)Nc1cc(C(=O)O)c(C)cc1C. The van der Waals surface area contributed by atoms with Crippen LogP contribution < -0.4 is 5.32 Å².